The van der Waals surface area contributed by atoms with E-state index in [1.807, 2.05) is 12.3 Å². The number of halogens is 2. The van der Waals surface area contributed by atoms with Gasteiger partial charge in [-0.2, -0.15) is 0 Å². The molecule has 1 nitrogen and oxygen atoms in total. The predicted molar refractivity (Wildman–Crippen MR) is 80.2 cm³/mol. The van der Waals surface area contributed by atoms with E-state index in [1.54, 1.807) is 23.5 Å². The van der Waals surface area contributed by atoms with E-state index in [4.69, 9.17) is 0 Å². The van der Waals surface area contributed by atoms with E-state index in [9.17, 15) is 8.78 Å². The van der Waals surface area contributed by atoms with Gasteiger partial charge in [-0.25, -0.2) is 8.78 Å². The second kappa shape index (κ2) is 6.95. The smallest absolute Gasteiger partial charge is 0.162 e. The van der Waals surface area contributed by atoms with Crippen LogP contribution >= 0.6 is 11.3 Å². The molecular formula is C16H19F2NS. The first kappa shape index (κ1) is 15.1. The molecule has 0 aliphatic carbocycles. The quantitative estimate of drug-likeness (QED) is 0.820. The second-order valence-corrected chi connectivity index (χ2v) is 5.84. The van der Waals surface area contributed by atoms with Crippen molar-refractivity contribution in [1.82, 2.24) is 5.32 Å². The summed E-state index contributed by atoms with van der Waals surface area (Å²) in [6.07, 6.45) is 1.47. The number of nitrogens with one attached hydrogen (secondary N) is 1. The normalized spacial score (nSPS) is 12.6. The summed E-state index contributed by atoms with van der Waals surface area (Å²) in [7, 11) is 0. The third-order valence-corrected chi connectivity index (χ3v) is 4.45. The molecule has 0 radical (unpaired) electrons. The third kappa shape index (κ3) is 3.44. The van der Waals surface area contributed by atoms with E-state index in [-0.39, 0.29) is 6.04 Å². The first-order valence-corrected chi connectivity index (χ1v) is 7.71. The minimum atomic E-state index is -0.778. The van der Waals surface area contributed by atoms with Gasteiger partial charge in [-0.15, -0.1) is 11.3 Å². The van der Waals surface area contributed by atoms with Gasteiger partial charge < -0.3 is 5.32 Å². The van der Waals surface area contributed by atoms with E-state index in [2.05, 4.69) is 18.3 Å². The van der Waals surface area contributed by atoms with Gasteiger partial charge in [0.2, 0.25) is 0 Å². The maximum Gasteiger partial charge on any atom is 0.162 e. The molecule has 0 aliphatic rings. The van der Waals surface area contributed by atoms with Crippen molar-refractivity contribution in [1.29, 1.82) is 0 Å². The van der Waals surface area contributed by atoms with Crippen LogP contribution in [-0.2, 0) is 6.42 Å². The lowest BCUT2D eigenvalue weighted by atomic mass is 10.0. The molecule has 4 heteroatoms. The highest BCUT2D eigenvalue weighted by molar-refractivity contribution is 7.10. The molecule has 2 rings (SSSR count). The fraction of sp³-hybridized carbons (Fsp3) is 0.375. The minimum Gasteiger partial charge on any atom is -0.309 e. The summed E-state index contributed by atoms with van der Waals surface area (Å²) in [4.78, 5) is 1.20. The monoisotopic (exact) mass is 295 g/mol. The Balaban J connectivity index is 2.24. The highest BCUT2D eigenvalue weighted by Gasteiger charge is 2.18. The highest BCUT2D eigenvalue weighted by atomic mass is 32.1. The molecule has 0 amide bonds. The van der Waals surface area contributed by atoms with E-state index in [1.165, 1.54) is 10.4 Å². The largest absolute Gasteiger partial charge is 0.309 e. The number of benzene rings is 1. The Morgan fingerprint density at radius 3 is 2.70 bits per heavy atom. The molecular weight excluding hydrogens is 276 g/mol. The van der Waals surface area contributed by atoms with Crippen LogP contribution in [0.2, 0.25) is 0 Å². The molecule has 1 atom stereocenters. The first-order valence-electron chi connectivity index (χ1n) is 6.83. The molecule has 20 heavy (non-hydrogen) atoms. The Hall–Kier alpha value is -1.26. The Morgan fingerprint density at radius 1 is 1.25 bits per heavy atom. The predicted octanol–water partition coefficient (Wildman–Crippen LogP) is 4.62. The number of thiophene rings is 1. The number of rotatable bonds is 6. The van der Waals surface area contributed by atoms with Gasteiger partial charge in [-0.05, 0) is 54.9 Å². The Kier molecular flexibility index (Phi) is 5.26. The number of aryl methyl sites for hydroxylation is 1. The summed E-state index contributed by atoms with van der Waals surface area (Å²) in [5, 5.41) is 5.46. The van der Waals surface area contributed by atoms with E-state index in [0.717, 1.165) is 19.0 Å². The van der Waals surface area contributed by atoms with Crippen molar-refractivity contribution in [3.63, 3.8) is 0 Å². The molecule has 0 aliphatic heterocycles. The lowest BCUT2D eigenvalue weighted by Gasteiger charge is -2.19. The van der Waals surface area contributed by atoms with Crippen molar-refractivity contribution in [3.05, 3.63) is 57.3 Å². The summed E-state index contributed by atoms with van der Waals surface area (Å²) in [5.41, 5.74) is 1.62. The fourth-order valence-electron chi connectivity index (χ4n) is 2.24. The molecule has 108 valence electrons. The zero-order valence-electron chi connectivity index (χ0n) is 11.7. The van der Waals surface area contributed by atoms with Gasteiger partial charge >= 0.3 is 0 Å². The lowest BCUT2D eigenvalue weighted by Crippen LogP contribution is -2.24. The molecule has 0 saturated heterocycles. The molecule has 1 heterocycles. The topological polar surface area (TPSA) is 12.0 Å². The van der Waals surface area contributed by atoms with Gasteiger partial charge in [0.15, 0.2) is 11.6 Å². The Morgan fingerprint density at radius 2 is 2.05 bits per heavy atom. The SMILES string of the molecule is CCCNC(Cc1cccc(F)c1F)c1sccc1C. The molecule has 0 saturated carbocycles. The lowest BCUT2D eigenvalue weighted by molar-refractivity contribution is 0.479. The van der Waals surface area contributed by atoms with Crippen molar-refractivity contribution < 1.29 is 8.78 Å². The van der Waals surface area contributed by atoms with E-state index < -0.39 is 11.6 Å². The van der Waals surface area contributed by atoms with Crippen LogP contribution in [0.25, 0.3) is 0 Å². The van der Waals surface area contributed by atoms with Crippen molar-refractivity contribution in [3.8, 4) is 0 Å². The van der Waals surface area contributed by atoms with Crippen LogP contribution in [0.1, 0.15) is 35.4 Å². The molecule has 1 N–H and O–H groups in total. The maximum absolute atomic E-state index is 13.8. The van der Waals surface area contributed by atoms with Crippen molar-refractivity contribution in [2.45, 2.75) is 32.7 Å². The Bertz CT molecular complexity index is 565. The molecule has 0 spiro atoms. The van der Waals surface area contributed by atoms with Gasteiger partial charge in [0, 0.05) is 10.9 Å². The summed E-state index contributed by atoms with van der Waals surface area (Å²) < 4.78 is 27.1. The molecule has 1 unspecified atom stereocenters. The summed E-state index contributed by atoms with van der Waals surface area (Å²) in [6.45, 7) is 5.00. The van der Waals surface area contributed by atoms with Crippen LogP contribution in [0.4, 0.5) is 8.78 Å². The molecule has 0 fully saturated rings. The summed E-state index contributed by atoms with van der Waals surface area (Å²) >= 11 is 1.66. The average Bonchev–Trinajstić information content (AvgIpc) is 2.85. The molecule has 0 bridgehead atoms. The summed E-state index contributed by atoms with van der Waals surface area (Å²) in [5.74, 6) is -1.51. The standard InChI is InChI=1S/C16H19F2NS/c1-3-8-19-14(16-11(2)7-9-20-16)10-12-5-4-6-13(17)15(12)18/h4-7,9,14,19H,3,8,10H2,1-2H3. The highest BCUT2D eigenvalue weighted by Crippen LogP contribution is 2.28. The van der Waals surface area contributed by atoms with Gasteiger partial charge in [0.05, 0.1) is 0 Å². The van der Waals surface area contributed by atoms with Gasteiger partial charge in [-0.3, -0.25) is 0 Å². The van der Waals surface area contributed by atoms with Crippen LogP contribution in [0, 0.1) is 18.6 Å². The van der Waals surface area contributed by atoms with Gasteiger partial charge in [0.1, 0.15) is 0 Å². The van der Waals surface area contributed by atoms with Crippen molar-refractivity contribution in [2.24, 2.45) is 0 Å². The number of hydrogen-bond acceptors (Lipinski definition) is 2. The maximum atomic E-state index is 13.8. The van der Waals surface area contributed by atoms with Crippen molar-refractivity contribution in [2.75, 3.05) is 6.54 Å². The van der Waals surface area contributed by atoms with Crippen LogP contribution in [-0.4, -0.2) is 6.54 Å². The fourth-order valence-corrected chi connectivity index (χ4v) is 3.25. The third-order valence-electron chi connectivity index (χ3n) is 3.31. The molecule has 1 aromatic carbocycles. The summed E-state index contributed by atoms with van der Waals surface area (Å²) in [6, 6.07) is 6.46. The van der Waals surface area contributed by atoms with Crippen LogP contribution < -0.4 is 5.32 Å². The van der Waals surface area contributed by atoms with Gasteiger partial charge in [0.25, 0.3) is 0 Å². The van der Waals surface area contributed by atoms with E-state index in [0.29, 0.717) is 12.0 Å². The minimum absolute atomic E-state index is 0.0336. The zero-order chi connectivity index (χ0) is 14.5. The van der Waals surface area contributed by atoms with Crippen LogP contribution in [0.15, 0.2) is 29.6 Å². The Labute approximate surface area is 122 Å². The second-order valence-electron chi connectivity index (χ2n) is 4.89. The number of hydrogen-bond donors (Lipinski definition) is 1. The van der Waals surface area contributed by atoms with Crippen LogP contribution in [0.3, 0.4) is 0 Å². The first-order chi connectivity index (χ1) is 9.63. The van der Waals surface area contributed by atoms with Crippen molar-refractivity contribution >= 4 is 11.3 Å². The van der Waals surface area contributed by atoms with Gasteiger partial charge in [-0.1, -0.05) is 19.1 Å². The van der Waals surface area contributed by atoms with E-state index >= 15 is 0 Å². The average molecular weight is 295 g/mol. The molecule has 1 aromatic heterocycles. The molecule has 2 aromatic rings. The van der Waals surface area contributed by atoms with Crippen LogP contribution in [0.5, 0.6) is 0 Å². The zero-order valence-corrected chi connectivity index (χ0v) is 12.6.